The molecule has 90 valence electrons. The lowest BCUT2D eigenvalue weighted by molar-refractivity contribution is -0.157. The summed E-state index contributed by atoms with van der Waals surface area (Å²) in [6.45, 7) is 0. The molecule has 0 fully saturated rings. The Morgan fingerprint density at radius 3 is 2.19 bits per heavy atom. The smallest absolute Gasteiger partial charge is 0.305 e. The third-order valence-corrected chi connectivity index (χ3v) is 2.57. The zero-order valence-electron chi connectivity index (χ0n) is 8.00. The normalized spacial score (nSPS) is 13.9. The van der Waals surface area contributed by atoms with Gasteiger partial charge in [-0.2, -0.15) is 13.2 Å². The van der Waals surface area contributed by atoms with E-state index in [4.69, 9.17) is 0 Å². The van der Waals surface area contributed by atoms with Crippen molar-refractivity contribution in [1.82, 2.24) is 5.32 Å². The molecule has 0 spiro atoms. The van der Waals surface area contributed by atoms with Gasteiger partial charge in [0.2, 0.25) is 0 Å². The van der Waals surface area contributed by atoms with Crippen molar-refractivity contribution in [3.63, 3.8) is 0 Å². The molecule has 1 aromatic carbocycles. The zero-order valence-corrected chi connectivity index (χ0v) is 9.59. The fraction of sp³-hybridized carbons (Fsp3) is 0.333. The van der Waals surface area contributed by atoms with Crippen LogP contribution in [0.3, 0.4) is 0 Å². The summed E-state index contributed by atoms with van der Waals surface area (Å²) < 4.78 is 63.4. The molecule has 0 heterocycles. The van der Waals surface area contributed by atoms with Gasteiger partial charge >= 0.3 is 6.18 Å². The Kier molecular flexibility index (Phi) is 3.90. The van der Waals surface area contributed by atoms with Crippen LogP contribution in [0.5, 0.6) is 0 Å². The van der Waals surface area contributed by atoms with Gasteiger partial charge in [0.15, 0.2) is 0 Å². The van der Waals surface area contributed by atoms with Crippen LogP contribution in [0.1, 0.15) is 11.6 Å². The van der Waals surface area contributed by atoms with Crippen molar-refractivity contribution in [1.29, 1.82) is 0 Å². The molecule has 0 saturated heterocycles. The van der Waals surface area contributed by atoms with Gasteiger partial charge in [0.25, 0.3) is 0 Å². The van der Waals surface area contributed by atoms with E-state index in [1.165, 1.54) is 0 Å². The summed E-state index contributed by atoms with van der Waals surface area (Å²) in [5, 5.41) is 1.90. The third kappa shape index (κ3) is 2.70. The summed E-state index contributed by atoms with van der Waals surface area (Å²) in [5.41, 5.74) is -0.768. The molecular weight excluding hydrogens is 297 g/mol. The first-order valence-electron chi connectivity index (χ1n) is 4.15. The maximum Gasteiger partial charge on any atom is 0.408 e. The lowest BCUT2D eigenvalue weighted by atomic mass is 10.1. The van der Waals surface area contributed by atoms with Crippen LogP contribution in [0.25, 0.3) is 0 Å². The van der Waals surface area contributed by atoms with Gasteiger partial charge in [-0.1, -0.05) is 0 Å². The van der Waals surface area contributed by atoms with Crippen molar-refractivity contribution in [2.45, 2.75) is 12.2 Å². The lowest BCUT2D eigenvalue weighted by Crippen LogP contribution is -2.32. The SMILES string of the molecule is CNC(c1cc(F)c(Br)cc1F)C(F)(F)F. The average molecular weight is 304 g/mol. The molecule has 1 nitrogen and oxygen atoms in total. The second kappa shape index (κ2) is 4.67. The minimum atomic E-state index is -4.68. The highest BCUT2D eigenvalue weighted by Gasteiger charge is 2.41. The molecule has 0 radical (unpaired) electrons. The molecule has 0 aliphatic carbocycles. The molecule has 0 saturated carbocycles. The molecule has 1 N–H and O–H groups in total. The first-order valence-corrected chi connectivity index (χ1v) is 4.95. The van der Waals surface area contributed by atoms with E-state index in [-0.39, 0.29) is 4.47 Å². The van der Waals surface area contributed by atoms with Crippen molar-refractivity contribution in [3.8, 4) is 0 Å². The fourth-order valence-electron chi connectivity index (χ4n) is 1.25. The maximum atomic E-state index is 13.3. The molecule has 0 aliphatic rings. The Labute approximate surface area is 96.8 Å². The van der Waals surface area contributed by atoms with Gasteiger partial charge in [-0.3, -0.25) is 0 Å². The summed E-state index contributed by atoms with van der Waals surface area (Å²) in [4.78, 5) is 0. The summed E-state index contributed by atoms with van der Waals surface area (Å²) in [5.74, 6) is -2.06. The van der Waals surface area contributed by atoms with Crippen LogP contribution in [0.2, 0.25) is 0 Å². The average Bonchev–Trinajstić information content (AvgIpc) is 2.12. The van der Waals surface area contributed by atoms with Gasteiger partial charge in [-0.05, 0) is 35.1 Å². The van der Waals surface area contributed by atoms with Crippen LogP contribution in [0.4, 0.5) is 22.0 Å². The Morgan fingerprint density at radius 1 is 1.19 bits per heavy atom. The van der Waals surface area contributed by atoms with Gasteiger partial charge in [0.05, 0.1) is 4.47 Å². The van der Waals surface area contributed by atoms with Crippen molar-refractivity contribution in [2.75, 3.05) is 7.05 Å². The highest BCUT2D eigenvalue weighted by Crippen LogP contribution is 2.35. The molecule has 16 heavy (non-hydrogen) atoms. The lowest BCUT2D eigenvalue weighted by Gasteiger charge is -2.20. The minimum absolute atomic E-state index is 0.217. The Morgan fingerprint density at radius 2 is 1.75 bits per heavy atom. The number of benzene rings is 1. The number of nitrogens with one attached hydrogen (secondary N) is 1. The number of hydrogen-bond acceptors (Lipinski definition) is 1. The molecule has 0 bridgehead atoms. The van der Waals surface area contributed by atoms with Crippen LogP contribution in [-0.2, 0) is 0 Å². The molecule has 1 rings (SSSR count). The molecule has 7 heteroatoms. The summed E-state index contributed by atoms with van der Waals surface area (Å²) in [6, 6.07) is -1.04. The van der Waals surface area contributed by atoms with Crippen LogP contribution in [0, 0.1) is 11.6 Å². The topological polar surface area (TPSA) is 12.0 Å². The first kappa shape index (κ1) is 13.4. The highest BCUT2D eigenvalue weighted by atomic mass is 79.9. The van der Waals surface area contributed by atoms with E-state index in [0.29, 0.717) is 12.1 Å². The summed E-state index contributed by atoms with van der Waals surface area (Å²) in [7, 11) is 1.03. The van der Waals surface area contributed by atoms with E-state index < -0.39 is 29.4 Å². The predicted molar refractivity (Wildman–Crippen MR) is 51.9 cm³/mol. The number of rotatable bonds is 2. The molecule has 0 aliphatic heterocycles. The molecule has 1 unspecified atom stereocenters. The van der Waals surface area contributed by atoms with E-state index in [9.17, 15) is 22.0 Å². The minimum Gasteiger partial charge on any atom is -0.305 e. The van der Waals surface area contributed by atoms with Crippen molar-refractivity contribution in [2.24, 2.45) is 0 Å². The van der Waals surface area contributed by atoms with Gasteiger partial charge in [0, 0.05) is 5.56 Å². The van der Waals surface area contributed by atoms with Crippen molar-refractivity contribution in [3.05, 3.63) is 33.8 Å². The zero-order chi connectivity index (χ0) is 12.5. The summed E-state index contributed by atoms with van der Waals surface area (Å²) in [6.07, 6.45) is -4.68. The number of alkyl halides is 3. The predicted octanol–water partition coefficient (Wildman–Crippen LogP) is 3.55. The van der Waals surface area contributed by atoms with Crippen LogP contribution >= 0.6 is 15.9 Å². The van der Waals surface area contributed by atoms with Crippen LogP contribution in [0.15, 0.2) is 16.6 Å². The Balaban J connectivity index is 3.26. The highest BCUT2D eigenvalue weighted by molar-refractivity contribution is 9.10. The molecular formula is C9H7BrF5N. The largest absolute Gasteiger partial charge is 0.408 e. The van der Waals surface area contributed by atoms with Gasteiger partial charge in [-0.15, -0.1) is 0 Å². The van der Waals surface area contributed by atoms with E-state index in [1.54, 1.807) is 0 Å². The third-order valence-electron chi connectivity index (χ3n) is 1.97. The number of halogens is 6. The van der Waals surface area contributed by atoms with Crippen molar-refractivity contribution >= 4 is 15.9 Å². The molecule has 1 aromatic rings. The fourth-order valence-corrected chi connectivity index (χ4v) is 1.57. The second-order valence-corrected chi connectivity index (χ2v) is 3.91. The standard InChI is InChI=1S/C9H7BrF5N/c1-16-8(9(13,14)15)4-2-7(12)5(10)3-6(4)11/h2-3,8,16H,1H3. The van der Waals surface area contributed by atoms with E-state index in [2.05, 4.69) is 15.9 Å². The van der Waals surface area contributed by atoms with Crippen LogP contribution in [-0.4, -0.2) is 13.2 Å². The van der Waals surface area contributed by atoms with Crippen molar-refractivity contribution < 1.29 is 22.0 Å². The maximum absolute atomic E-state index is 13.3. The quantitative estimate of drug-likeness (QED) is 0.651. The first-order chi connectivity index (χ1) is 7.27. The van der Waals surface area contributed by atoms with E-state index in [0.717, 1.165) is 7.05 Å². The van der Waals surface area contributed by atoms with Gasteiger partial charge in [-0.25, -0.2) is 8.78 Å². The van der Waals surface area contributed by atoms with E-state index in [1.807, 2.05) is 5.32 Å². The Bertz CT molecular complexity index is 390. The van der Waals surface area contributed by atoms with Gasteiger partial charge < -0.3 is 5.32 Å². The van der Waals surface area contributed by atoms with E-state index >= 15 is 0 Å². The molecule has 1 atom stereocenters. The second-order valence-electron chi connectivity index (χ2n) is 3.05. The Hall–Kier alpha value is -0.690. The summed E-state index contributed by atoms with van der Waals surface area (Å²) >= 11 is 2.69. The molecule has 0 amide bonds. The number of hydrogen-bond donors (Lipinski definition) is 1. The monoisotopic (exact) mass is 303 g/mol. The van der Waals surface area contributed by atoms with Gasteiger partial charge in [0.1, 0.15) is 17.7 Å². The van der Waals surface area contributed by atoms with Crippen LogP contribution < -0.4 is 5.32 Å². The molecule has 0 aromatic heterocycles.